The number of ether oxygens (including phenoxy) is 3. The Bertz CT molecular complexity index is 1000. The van der Waals surface area contributed by atoms with Gasteiger partial charge in [-0.25, -0.2) is 4.79 Å². The van der Waals surface area contributed by atoms with Crippen LogP contribution < -0.4 is 14.2 Å². The lowest BCUT2D eigenvalue weighted by Crippen LogP contribution is -2.08. The molecule has 0 saturated carbocycles. The van der Waals surface area contributed by atoms with Gasteiger partial charge in [-0.2, -0.15) is 0 Å². The average molecular weight is 679 g/mol. The molecule has 4 nitrogen and oxygen atoms in total. The van der Waals surface area contributed by atoms with Crippen LogP contribution in [-0.4, -0.2) is 19.2 Å². The van der Waals surface area contributed by atoms with Crippen molar-refractivity contribution in [3.63, 3.8) is 0 Å². The van der Waals surface area contributed by atoms with Gasteiger partial charge in [-0.15, -0.1) is 0 Å². The van der Waals surface area contributed by atoms with Crippen LogP contribution in [-0.2, 0) is 0 Å². The van der Waals surface area contributed by atoms with Gasteiger partial charge in [0.1, 0.15) is 17.2 Å². The summed E-state index contributed by atoms with van der Waals surface area (Å²) in [6, 6.07) is 14.6. The second-order valence-electron chi connectivity index (χ2n) is 14.3. The predicted octanol–water partition coefficient (Wildman–Crippen LogP) is 14.6. The summed E-state index contributed by atoms with van der Waals surface area (Å²) in [5.74, 6) is 1.77. The molecule has 4 heteroatoms. The van der Waals surface area contributed by atoms with E-state index in [1.807, 2.05) is 24.3 Å². The molecule has 0 fully saturated rings. The summed E-state index contributed by atoms with van der Waals surface area (Å²) in [6.07, 6.45) is 37.9. The van der Waals surface area contributed by atoms with E-state index in [9.17, 15) is 4.79 Å². The number of rotatable bonds is 34. The minimum Gasteiger partial charge on any atom is -0.494 e. The number of benzene rings is 2. The zero-order valence-corrected chi connectivity index (χ0v) is 32.0. The zero-order valence-electron chi connectivity index (χ0n) is 32.0. The Morgan fingerprint density at radius 2 is 0.633 bits per heavy atom. The van der Waals surface area contributed by atoms with E-state index in [4.69, 9.17) is 14.2 Å². The standard InChI is InChI=1S/C45H74O4/c1-3-5-7-9-11-13-15-17-19-21-23-25-27-29-39-47-42-33-31-41(32-34-42)45(46)49-44-37-35-43(36-38-44)48-40-30-28-26-24-22-20-18-16-14-12-10-8-6-4-2/h31-38H,3-30,39-40H2,1-2H3. The van der Waals surface area contributed by atoms with Crippen LogP contribution in [0.2, 0.25) is 0 Å². The van der Waals surface area contributed by atoms with Gasteiger partial charge < -0.3 is 14.2 Å². The molecule has 0 aliphatic carbocycles. The third-order valence-corrected chi connectivity index (χ3v) is 9.66. The summed E-state index contributed by atoms with van der Waals surface area (Å²) in [6.45, 7) is 6.01. The van der Waals surface area contributed by atoms with Crippen molar-refractivity contribution in [3.05, 3.63) is 54.1 Å². The van der Waals surface area contributed by atoms with Crippen molar-refractivity contribution in [2.45, 2.75) is 194 Å². The van der Waals surface area contributed by atoms with Crippen LogP contribution in [0.3, 0.4) is 0 Å². The number of esters is 1. The lowest BCUT2D eigenvalue weighted by molar-refractivity contribution is 0.0734. The van der Waals surface area contributed by atoms with Crippen molar-refractivity contribution in [1.82, 2.24) is 0 Å². The first-order valence-corrected chi connectivity index (χ1v) is 20.9. The number of carbonyl (C=O) groups excluding carboxylic acids is 1. The molecule has 0 aliphatic heterocycles. The molecule has 0 heterocycles. The summed E-state index contributed by atoms with van der Waals surface area (Å²) >= 11 is 0. The van der Waals surface area contributed by atoms with E-state index in [2.05, 4.69) is 13.8 Å². The second kappa shape index (κ2) is 31.5. The molecule has 0 radical (unpaired) electrons. The molecule has 2 rings (SSSR count). The SMILES string of the molecule is CCCCCCCCCCCCCCCCOc1ccc(OC(=O)c2ccc(OCCCCCCCCCCCCCCCC)cc2)cc1. The highest BCUT2D eigenvalue weighted by molar-refractivity contribution is 5.91. The largest absolute Gasteiger partial charge is 0.494 e. The van der Waals surface area contributed by atoms with Crippen molar-refractivity contribution in [3.8, 4) is 17.2 Å². The molecule has 0 amide bonds. The van der Waals surface area contributed by atoms with Crippen molar-refractivity contribution in [2.24, 2.45) is 0 Å². The van der Waals surface area contributed by atoms with Gasteiger partial charge in [0.05, 0.1) is 18.8 Å². The van der Waals surface area contributed by atoms with Crippen LogP contribution in [0.15, 0.2) is 48.5 Å². The molecule has 278 valence electrons. The van der Waals surface area contributed by atoms with Crippen molar-refractivity contribution >= 4 is 5.97 Å². The van der Waals surface area contributed by atoms with Gasteiger partial charge in [0.15, 0.2) is 0 Å². The molecule has 0 aromatic heterocycles. The van der Waals surface area contributed by atoms with Crippen LogP contribution in [0.4, 0.5) is 0 Å². The third kappa shape index (κ3) is 24.3. The van der Waals surface area contributed by atoms with Gasteiger partial charge >= 0.3 is 5.97 Å². The van der Waals surface area contributed by atoms with E-state index in [1.54, 1.807) is 24.3 Å². The number of unbranched alkanes of at least 4 members (excludes halogenated alkanes) is 26. The van der Waals surface area contributed by atoms with Crippen LogP contribution in [0, 0.1) is 0 Å². The van der Waals surface area contributed by atoms with Gasteiger partial charge in [0, 0.05) is 0 Å². The summed E-state index contributed by atoms with van der Waals surface area (Å²) in [5.41, 5.74) is 0.516. The Morgan fingerprint density at radius 1 is 0.367 bits per heavy atom. The van der Waals surface area contributed by atoms with Gasteiger partial charge in [-0.3, -0.25) is 0 Å². The molecule has 0 saturated heterocycles. The number of hydrogen-bond donors (Lipinski definition) is 0. The third-order valence-electron chi connectivity index (χ3n) is 9.66. The van der Waals surface area contributed by atoms with Crippen LogP contribution >= 0.6 is 0 Å². The monoisotopic (exact) mass is 679 g/mol. The molecule has 0 unspecified atom stereocenters. The number of carbonyl (C=O) groups is 1. The first-order chi connectivity index (χ1) is 24.2. The van der Waals surface area contributed by atoms with Crippen molar-refractivity contribution < 1.29 is 19.0 Å². The first kappa shape index (κ1) is 42.7. The van der Waals surface area contributed by atoms with E-state index in [0.29, 0.717) is 11.3 Å². The molecule has 0 bridgehead atoms. The second-order valence-corrected chi connectivity index (χ2v) is 14.3. The molecule has 2 aromatic rings. The lowest BCUT2D eigenvalue weighted by atomic mass is 10.0. The lowest BCUT2D eigenvalue weighted by Gasteiger charge is -2.09. The Labute approximate surface area is 302 Å². The smallest absolute Gasteiger partial charge is 0.343 e. The molecule has 0 N–H and O–H groups in total. The van der Waals surface area contributed by atoms with E-state index in [1.165, 1.54) is 167 Å². The fourth-order valence-electron chi connectivity index (χ4n) is 6.43. The van der Waals surface area contributed by atoms with Crippen LogP contribution in [0.1, 0.15) is 204 Å². The molecule has 0 spiro atoms. The van der Waals surface area contributed by atoms with E-state index in [0.717, 1.165) is 37.6 Å². The van der Waals surface area contributed by atoms with Gasteiger partial charge in [0.25, 0.3) is 0 Å². The summed E-state index contributed by atoms with van der Waals surface area (Å²) in [5, 5.41) is 0. The maximum absolute atomic E-state index is 12.7. The Hall–Kier alpha value is -2.49. The highest BCUT2D eigenvalue weighted by atomic mass is 16.5. The quantitative estimate of drug-likeness (QED) is 0.0420. The molecule has 2 aromatic carbocycles. The maximum Gasteiger partial charge on any atom is 0.343 e. The first-order valence-electron chi connectivity index (χ1n) is 20.9. The van der Waals surface area contributed by atoms with E-state index in [-0.39, 0.29) is 5.97 Å². The average Bonchev–Trinajstić information content (AvgIpc) is 3.12. The van der Waals surface area contributed by atoms with E-state index < -0.39 is 0 Å². The Balaban J connectivity index is 1.43. The van der Waals surface area contributed by atoms with E-state index >= 15 is 0 Å². The predicted molar refractivity (Wildman–Crippen MR) is 209 cm³/mol. The fourth-order valence-corrected chi connectivity index (χ4v) is 6.43. The fraction of sp³-hybridized carbons (Fsp3) is 0.711. The molecule has 0 atom stereocenters. The highest BCUT2D eigenvalue weighted by Gasteiger charge is 2.09. The van der Waals surface area contributed by atoms with Crippen LogP contribution in [0.5, 0.6) is 17.2 Å². The Kier molecular flexibility index (Phi) is 27.4. The minimum absolute atomic E-state index is 0.366. The minimum atomic E-state index is -0.366. The van der Waals surface area contributed by atoms with Crippen molar-refractivity contribution in [2.75, 3.05) is 13.2 Å². The molecule has 0 aliphatic rings. The zero-order chi connectivity index (χ0) is 34.9. The van der Waals surface area contributed by atoms with Gasteiger partial charge in [-0.05, 0) is 61.4 Å². The molecular formula is C45H74O4. The normalized spacial score (nSPS) is 11.1. The summed E-state index contributed by atoms with van der Waals surface area (Å²) in [7, 11) is 0. The summed E-state index contributed by atoms with van der Waals surface area (Å²) < 4.78 is 17.4. The van der Waals surface area contributed by atoms with Gasteiger partial charge in [0.2, 0.25) is 0 Å². The maximum atomic E-state index is 12.7. The van der Waals surface area contributed by atoms with Crippen molar-refractivity contribution in [1.29, 1.82) is 0 Å². The summed E-state index contributed by atoms with van der Waals surface area (Å²) in [4.78, 5) is 12.7. The molecule has 49 heavy (non-hydrogen) atoms. The highest BCUT2D eigenvalue weighted by Crippen LogP contribution is 2.21. The van der Waals surface area contributed by atoms with Gasteiger partial charge in [-0.1, -0.05) is 181 Å². The molecular weight excluding hydrogens is 604 g/mol. The van der Waals surface area contributed by atoms with Crippen LogP contribution in [0.25, 0.3) is 0 Å². The number of hydrogen-bond acceptors (Lipinski definition) is 4. The Morgan fingerprint density at radius 3 is 0.959 bits per heavy atom. The topological polar surface area (TPSA) is 44.8 Å².